The molecular formula is C20H24F3N5. The van der Waals surface area contributed by atoms with Crippen LogP contribution in [0.25, 0.3) is 5.57 Å². The quantitative estimate of drug-likeness (QED) is 0.813. The molecule has 0 saturated carbocycles. The van der Waals surface area contributed by atoms with Gasteiger partial charge >= 0.3 is 6.18 Å². The highest BCUT2D eigenvalue weighted by Crippen LogP contribution is 2.34. The predicted molar refractivity (Wildman–Crippen MR) is 105 cm³/mol. The molecule has 1 aliphatic rings. The van der Waals surface area contributed by atoms with Gasteiger partial charge in [-0.2, -0.15) is 13.2 Å². The molecule has 4 N–H and O–H groups in total. The highest BCUT2D eigenvalue weighted by Gasteiger charge is 2.36. The molecule has 28 heavy (non-hydrogen) atoms. The van der Waals surface area contributed by atoms with Gasteiger partial charge in [0.1, 0.15) is 18.0 Å². The van der Waals surface area contributed by atoms with Gasteiger partial charge in [-0.25, -0.2) is 9.97 Å². The summed E-state index contributed by atoms with van der Waals surface area (Å²) in [4.78, 5) is 10.4. The Bertz CT molecular complexity index is 880. The molecule has 0 aliphatic carbocycles. The van der Waals surface area contributed by atoms with E-state index in [1.54, 1.807) is 6.07 Å². The molecule has 0 spiro atoms. The van der Waals surface area contributed by atoms with E-state index in [2.05, 4.69) is 16.5 Å². The van der Waals surface area contributed by atoms with Crippen LogP contribution in [0.4, 0.5) is 24.8 Å². The first-order valence-electron chi connectivity index (χ1n) is 9.05. The lowest BCUT2D eigenvalue weighted by molar-refractivity contribution is -0.137. The smallest absolute Gasteiger partial charge is 0.383 e. The number of nitrogens with zero attached hydrogens (tertiary/aromatic N) is 3. The monoisotopic (exact) mass is 391 g/mol. The van der Waals surface area contributed by atoms with E-state index in [4.69, 9.17) is 11.5 Å². The van der Waals surface area contributed by atoms with Crippen LogP contribution in [0.5, 0.6) is 0 Å². The first-order valence-corrected chi connectivity index (χ1v) is 9.05. The molecule has 1 aliphatic heterocycles. The van der Waals surface area contributed by atoms with Crippen molar-refractivity contribution >= 4 is 17.2 Å². The minimum Gasteiger partial charge on any atom is -0.383 e. The summed E-state index contributed by atoms with van der Waals surface area (Å²) in [6.45, 7) is 7.03. The van der Waals surface area contributed by atoms with Crippen LogP contribution in [0.1, 0.15) is 36.5 Å². The molecule has 0 radical (unpaired) electrons. The van der Waals surface area contributed by atoms with Gasteiger partial charge in [0.2, 0.25) is 0 Å². The van der Waals surface area contributed by atoms with Crippen LogP contribution >= 0.6 is 0 Å². The molecule has 1 atom stereocenters. The Morgan fingerprint density at radius 1 is 1.32 bits per heavy atom. The Morgan fingerprint density at radius 2 is 2.07 bits per heavy atom. The van der Waals surface area contributed by atoms with Gasteiger partial charge in [-0.15, -0.1) is 0 Å². The molecule has 8 heteroatoms. The van der Waals surface area contributed by atoms with Gasteiger partial charge in [0.25, 0.3) is 0 Å². The Kier molecular flexibility index (Phi) is 5.34. The lowest BCUT2D eigenvalue weighted by Crippen LogP contribution is -2.43. The van der Waals surface area contributed by atoms with Crippen molar-refractivity contribution in [2.24, 2.45) is 5.73 Å². The van der Waals surface area contributed by atoms with E-state index in [1.165, 1.54) is 18.5 Å². The molecule has 1 saturated heterocycles. The molecule has 3 rings (SSSR count). The zero-order valence-corrected chi connectivity index (χ0v) is 15.8. The maximum Gasteiger partial charge on any atom is 0.416 e. The van der Waals surface area contributed by atoms with E-state index in [-0.39, 0.29) is 0 Å². The van der Waals surface area contributed by atoms with E-state index >= 15 is 0 Å². The van der Waals surface area contributed by atoms with Crippen LogP contribution < -0.4 is 16.4 Å². The van der Waals surface area contributed by atoms with Crippen molar-refractivity contribution in [3.63, 3.8) is 0 Å². The largest absolute Gasteiger partial charge is 0.416 e. The Hall–Kier alpha value is -2.61. The second-order valence-corrected chi connectivity index (χ2v) is 7.47. The van der Waals surface area contributed by atoms with Crippen LogP contribution in [0.3, 0.4) is 0 Å². The Balaban J connectivity index is 1.72. The summed E-state index contributed by atoms with van der Waals surface area (Å²) in [6, 6.07) is 5.42. The van der Waals surface area contributed by atoms with Crippen molar-refractivity contribution in [3.8, 4) is 0 Å². The number of hydrogen-bond acceptors (Lipinski definition) is 5. The fourth-order valence-electron chi connectivity index (χ4n) is 3.62. The third-order valence-electron chi connectivity index (χ3n) is 5.13. The van der Waals surface area contributed by atoms with Gasteiger partial charge in [0.15, 0.2) is 0 Å². The minimum atomic E-state index is -4.34. The number of rotatable bonds is 5. The van der Waals surface area contributed by atoms with Crippen LogP contribution in [-0.4, -0.2) is 28.6 Å². The van der Waals surface area contributed by atoms with E-state index in [0.29, 0.717) is 55.1 Å². The normalized spacial score (nSPS) is 19.8. The van der Waals surface area contributed by atoms with Crippen LogP contribution in [0, 0.1) is 0 Å². The lowest BCUT2D eigenvalue weighted by atomic mass is 9.91. The second kappa shape index (κ2) is 7.43. The Labute approximate surface area is 162 Å². The number of anilines is 2. The number of hydrogen-bond donors (Lipinski definition) is 2. The number of aryl methyl sites for hydroxylation is 1. The number of nitrogens with two attached hydrogens (primary N) is 2. The van der Waals surface area contributed by atoms with Gasteiger partial charge < -0.3 is 16.4 Å². The molecule has 1 aromatic carbocycles. The third-order valence-corrected chi connectivity index (χ3v) is 5.13. The van der Waals surface area contributed by atoms with Crippen molar-refractivity contribution in [1.29, 1.82) is 0 Å². The van der Waals surface area contributed by atoms with Crippen LogP contribution in [-0.2, 0) is 12.6 Å². The first-order chi connectivity index (χ1) is 13.1. The Morgan fingerprint density at radius 3 is 2.75 bits per heavy atom. The maximum absolute atomic E-state index is 12.9. The molecule has 1 aromatic heterocycles. The van der Waals surface area contributed by atoms with Gasteiger partial charge in [-0.1, -0.05) is 24.8 Å². The summed E-state index contributed by atoms with van der Waals surface area (Å²) in [5.41, 5.74) is 13.5. The zero-order valence-electron chi connectivity index (χ0n) is 15.8. The van der Waals surface area contributed by atoms with E-state index in [9.17, 15) is 13.2 Å². The van der Waals surface area contributed by atoms with Crippen molar-refractivity contribution in [3.05, 3.63) is 53.9 Å². The predicted octanol–water partition coefficient (Wildman–Crippen LogP) is 3.65. The van der Waals surface area contributed by atoms with Gasteiger partial charge in [0, 0.05) is 18.6 Å². The topological polar surface area (TPSA) is 81.1 Å². The average Bonchev–Trinajstić information content (AvgIpc) is 3.02. The molecule has 150 valence electrons. The standard InChI is InChI=1S/C20H24F3N5/c1-13(2)16-17(24)26-12-27-18(16)28-9-8-19(25,11-28)7-6-14-4-3-5-15(10-14)20(21,22)23/h3-5,10,12H,1,6-9,11,25H2,2H3,(H2,24,26,27). The summed E-state index contributed by atoms with van der Waals surface area (Å²) < 4.78 is 38.7. The van der Waals surface area contributed by atoms with Crippen LogP contribution in [0.15, 0.2) is 37.2 Å². The second-order valence-electron chi connectivity index (χ2n) is 7.47. The lowest BCUT2D eigenvalue weighted by Gasteiger charge is -2.26. The number of alkyl halides is 3. The molecular weight excluding hydrogens is 367 g/mol. The number of benzene rings is 1. The molecule has 0 bridgehead atoms. The molecule has 1 unspecified atom stereocenters. The maximum atomic E-state index is 12.9. The van der Waals surface area contributed by atoms with E-state index < -0.39 is 17.3 Å². The summed E-state index contributed by atoms with van der Waals surface area (Å²) in [6.07, 6.45) is -1.16. The van der Waals surface area contributed by atoms with Crippen molar-refractivity contribution in [2.75, 3.05) is 23.7 Å². The SMILES string of the molecule is C=C(C)c1c(N)ncnc1N1CCC(N)(CCc2cccc(C(F)(F)F)c2)C1. The number of aromatic nitrogens is 2. The zero-order chi connectivity index (χ0) is 20.5. The first kappa shape index (κ1) is 20.1. The minimum absolute atomic E-state index is 0.371. The van der Waals surface area contributed by atoms with Gasteiger partial charge in [-0.3, -0.25) is 0 Å². The van der Waals surface area contributed by atoms with Crippen molar-refractivity contribution < 1.29 is 13.2 Å². The van der Waals surface area contributed by atoms with Gasteiger partial charge in [-0.05, 0) is 43.4 Å². The third kappa shape index (κ3) is 4.27. The average molecular weight is 391 g/mol. The van der Waals surface area contributed by atoms with E-state index in [1.807, 2.05) is 11.8 Å². The summed E-state index contributed by atoms with van der Waals surface area (Å²) in [7, 11) is 0. The molecule has 2 aromatic rings. The number of nitrogen functional groups attached to an aromatic ring is 1. The summed E-state index contributed by atoms with van der Waals surface area (Å²) in [5.74, 6) is 1.07. The summed E-state index contributed by atoms with van der Waals surface area (Å²) >= 11 is 0. The van der Waals surface area contributed by atoms with Crippen molar-refractivity contribution in [1.82, 2.24) is 9.97 Å². The fourth-order valence-corrected chi connectivity index (χ4v) is 3.62. The number of allylic oxidation sites excluding steroid dienone is 1. The van der Waals surface area contributed by atoms with E-state index in [0.717, 1.165) is 11.6 Å². The fraction of sp³-hybridized carbons (Fsp3) is 0.400. The highest BCUT2D eigenvalue weighted by molar-refractivity contribution is 5.79. The van der Waals surface area contributed by atoms with Gasteiger partial charge in [0.05, 0.1) is 11.1 Å². The van der Waals surface area contributed by atoms with Crippen LogP contribution in [0.2, 0.25) is 0 Å². The molecule has 1 fully saturated rings. The molecule has 2 heterocycles. The summed E-state index contributed by atoms with van der Waals surface area (Å²) in [5, 5.41) is 0. The highest BCUT2D eigenvalue weighted by atomic mass is 19.4. The number of halogens is 3. The molecule has 5 nitrogen and oxygen atoms in total. The van der Waals surface area contributed by atoms with Crippen molar-refractivity contribution in [2.45, 2.75) is 37.9 Å². The molecule has 0 amide bonds.